The normalized spacial score (nSPS) is 12.7. The SMILES string of the molecule is CC(=O)N1CCc2cc(NC(=O)Nc3ccc(Cl)c(Cl)c3)ccc21. The summed E-state index contributed by atoms with van der Waals surface area (Å²) in [7, 11) is 0. The maximum absolute atomic E-state index is 12.1. The van der Waals surface area contributed by atoms with E-state index in [2.05, 4.69) is 10.6 Å². The number of urea groups is 1. The van der Waals surface area contributed by atoms with Crippen molar-refractivity contribution in [3.05, 3.63) is 52.0 Å². The van der Waals surface area contributed by atoms with Crippen LogP contribution in [-0.4, -0.2) is 18.5 Å². The van der Waals surface area contributed by atoms with Gasteiger partial charge < -0.3 is 15.5 Å². The minimum Gasteiger partial charge on any atom is -0.312 e. The fourth-order valence-corrected chi connectivity index (χ4v) is 2.97. The van der Waals surface area contributed by atoms with Crippen molar-refractivity contribution < 1.29 is 9.59 Å². The van der Waals surface area contributed by atoms with Crippen LogP contribution in [0.3, 0.4) is 0 Å². The summed E-state index contributed by atoms with van der Waals surface area (Å²) in [4.78, 5) is 25.4. The molecule has 0 aromatic heterocycles. The Morgan fingerprint density at radius 3 is 2.33 bits per heavy atom. The van der Waals surface area contributed by atoms with Crippen molar-refractivity contribution in [2.45, 2.75) is 13.3 Å². The molecule has 0 fully saturated rings. The number of nitrogens with zero attached hydrogens (tertiary/aromatic N) is 1. The largest absolute Gasteiger partial charge is 0.323 e. The third-order valence-corrected chi connectivity index (χ3v) is 4.53. The monoisotopic (exact) mass is 363 g/mol. The highest BCUT2D eigenvalue weighted by atomic mass is 35.5. The Morgan fingerprint density at radius 1 is 1.00 bits per heavy atom. The Hall–Kier alpha value is -2.24. The van der Waals surface area contributed by atoms with Crippen LogP contribution in [0.2, 0.25) is 10.0 Å². The molecule has 0 spiro atoms. The molecule has 0 saturated carbocycles. The van der Waals surface area contributed by atoms with E-state index in [9.17, 15) is 9.59 Å². The maximum atomic E-state index is 12.1. The molecule has 24 heavy (non-hydrogen) atoms. The zero-order chi connectivity index (χ0) is 17.3. The first-order valence-corrected chi connectivity index (χ1v) is 8.14. The summed E-state index contributed by atoms with van der Waals surface area (Å²) in [6.07, 6.45) is 0.777. The summed E-state index contributed by atoms with van der Waals surface area (Å²) in [6.45, 7) is 2.22. The summed E-state index contributed by atoms with van der Waals surface area (Å²) in [5, 5.41) is 6.26. The van der Waals surface area contributed by atoms with Gasteiger partial charge in [0.15, 0.2) is 0 Å². The van der Waals surface area contributed by atoms with Crippen molar-refractivity contribution in [3.8, 4) is 0 Å². The molecule has 7 heteroatoms. The van der Waals surface area contributed by atoms with E-state index in [1.54, 1.807) is 36.1 Å². The average molecular weight is 364 g/mol. The van der Waals surface area contributed by atoms with Gasteiger partial charge in [-0.25, -0.2) is 4.79 Å². The van der Waals surface area contributed by atoms with Crippen molar-refractivity contribution in [1.29, 1.82) is 0 Å². The van der Waals surface area contributed by atoms with Crippen LogP contribution in [0, 0.1) is 0 Å². The van der Waals surface area contributed by atoms with Gasteiger partial charge in [0.05, 0.1) is 10.0 Å². The smallest absolute Gasteiger partial charge is 0.312 e. The van der Waals surface area contributed by atoms with Gasteiger partial charge in [-0.2, -0.15) is 0 Å². The van der Waals surface area contributed by atoms with Crippen LogP contribution in [0.25, 0.3) is 0 Å². The van der Waals surface area contributed by atoms with E-state index in [0.29, 0.717) is 28.0 Å². The highest BCUT2D eigenvalue weighted by Gasteiger charge is 2.22. The number of nitrogens with one attached hydrogen (secondary N) is 2. The molecule has 5 nitrogen and oxygen atoms in total. The predicted molar refractivity (Wildman–Crippen MR) is 97.3 cm³/mol. The van der Waals surface area contributed by atoms with Crippen molar-refractivity contribution in [2.24, 2.45) is 0 Å². The minimum atomic E-state index is -0.380. The summed E-state index contributed by atoms with van der Waals surface area (Å²) >= 11 is 11.8. The summed E-state index contributed by atoms with van der Waals surface area (Å²) in [5.74, 6) is 0.0202. The van der Waals surface area contributed by atoms with E-state index in [4.69, 9.17) is 23.2 Å². The number of fused-ring (bicyclic) bond motifs is 1. The highest BCUT2D eigenvalue weighted by molar-refractivity contribution is 6.42. The molecule has 3 amide bonds. The van der Waals surface area contributed by atoms with Crippen LogP contribution in [0.15, 0.2) is 36.4 Å². The molecule has 0 atom stereocenters. The number of amides is 3. The molecule has 3 rings (SSSR count). The topological polar surface area (TPSA) is 61.4 Å². The van der Waals surface area contributed by atoms with Gasteiger partial charge in [-0.05, 0) is 48.4 Å². The molecule has 0 bridgehead atoms. The lowest BCUT2D eigenvalue weighted by Crippen LogP contribution is -2.25. The molecule has 2 aromatic carbocycles. The Kier molecular flexibility index (Phi) is 4.64. The lowest BCUT2D eigenvalue weighted by Gasteiger charge is -2.15. The predicted octanol–water partition coefficient (Wildman–Crippen LogP) is 4.55. The molecule has 2 N–H and O–H groups in total. The van der Waals surface area contributed by atoms with E-state index in [1.165, 1.54) is 0 Å². The minimum absolute atomic E-state index is 0.0202. The zero-order valence-electron chi connectivity index (χ0n) is 12.9. The van der Waals surface area contributed by atoms with Gasteiger partial charge in [0.1, 0.15) is 0 Å². The number of hydrogen-bond donors (Lipinski definition) is 2. The standard InChI is InChI=1S/C17H15Cl2N3O2/c1-10(23)22-7-6-11-8-12(3-5-16(11)22)20-17(24)21-13-2-4-14(18)15(19)9-13/h2-5,8-9H,6-7H2,1H3,(H2,20,21,24). The van der Waals surface area contributed by atoms with Crippen molar-refractivity contribution >= 4 is 52.2 Å². The molecule has 1 heterocycles. The molecular weight excluding hydrogens is 349 g/mol. The fraction of sp³-hybridized carbons (Fsp3) is 0.176. The van der Waals surface area contributed by atoms with Crippen LogP contribution in [0.5, 0.6) is 0 Å². The second-order valence-electron chi connectivity index (χ2n) is 5.47. The third-order valence-electron chi connectivity index (χ3n) is 3.79. The molecule has 0 unspecified atom stereocenters. The highest BCUT2D eigenvalue weighted by Crippen LogP contribution is 2.30. The van der Waals surface area contributed by atoms with Gasteiger partial charge in [-0.1, -0.05) is 23.2 Å². The lowest BCUT2D eigenvalue weighted by atomic mass is 10.1. The second kappa shape index (κ2) is 6.71. The Bertz CT molecular complexity index is 823. The lowest BCUT2D eigenvalue weighted by molar-refractivity contribution is -0.116. The number of carbonyl (C=O) groups is 2. The number of benzene rings is 2. The summed E-state index contributed by atoms with van der Waals surface area (Å²) < 4.78 is 0. The maximum Gasteiger partial charge on any atom is 0.323 e. The second-order valence-corrected chi connectivity index (χ2v) is 6.29. The van der Waals surface area contributed by atoms with Crippen LogP contribution in [0.4, 0.5) is 21.9 Å². The molecule has 0 saturated heterocycles. The number of hydrogen-bond acceptors (Lipinski definition) is 2. The van der Waals surface area contributed by atoms with E-state index in [-0.39, 0.29) is 11.9 Å². The zero-order valence-corrected chi connectivity index (χ0v) is 14.4. The van der Waals surface area contributed by atoms with Crippen molar-refractivity contribution in [1.82, 2.24) is 0 Å². The molecule has 0 radical (unpaired) electrons. The third kappa shape index (κ3) is 3.47. The number of carbonyl (C=O) groups excluding carboxylic acids is 2. The molecule has 1 aliphatic heterocycles. The molecular formula is C17H15Cl2N3O2. The van der Waals surface area contributed by atoms with Crippen LogP contribution in [0.1, 0.15) is 12.5 Å². The van der Waals surface area contributed by atoms with E-state index >= 15 is 0 Å². The van der Waals surface area contributed by atoms with Crippen LogP contribution >= 0.6 is 23.2 Å². The first-order chi connectivity index (χ1) is 11.4. The molecule has 1 aliphatic rings. The molecule has 124 valence electrons. The fourth-order valence-electron chi connectivity index (χ4n) is 2.67. The van der Waals surface area contributed by atoms with Crippen molar-refractivity contribution in [2.75, 3.05) is 22.1 Å². The van der Waals surface area contributed by atoms with Crippen molar-refractivity contribution in [3.63, 3.8) is 0 Å². The molecule has 0 aliphatic carbocycles. The van der Waals surface area contributed by atoms with E-state index in [0.717, 1.165) is 17.7 Å². The number of anilines is 3. The number of rotatable bonds is 2. The molecule has 2 aromatic rings. The van der Waals surface area contributed by atoms with Gasteiger partial charge in [0, 0.05) is 30.5 Å². The van der Waals surface area contributed by atoms with Gasteiger partial charge in [0.2, 0.25) is 5.91 Å². The Balaban J connectivity index is 1.69. The number of halogens is 2. The van der Waals surface area contributed by atoms with Gasteiger partial charge in [-0.15, -0.1) is 0 Å². The first-order valence-electron chi connectivity index (χ1n) is 7.38. The van der Waals surface area contributed by atoms with E-state index < -0.39 is 0 Å². The van der Waals surface area contributed by atoms with Gasteiger partial charge in [0.25, 0.3) is 0 Å². The quantitative estimate of drug-likeness (QED) is 0.822. The van der Waals surface area contributed by atoms with Crippen LogP contribution in [-0.2, 0) is 11.2 Å². The first kappa shape index (κ1) is 16.6. The average Bonchev–Trinajstić information content (AvgIpc) is 2.94. The van der Waals surface area contributed by atoms with Crippen LogP contribution < -0.4 is 15.5 Å². The summed E-state index contributed by atoms with van der Waals surface area (Å²) in [6, 6.07) is 9.98. The van der Waals surface area contributed by atoms with Gasteiger partial charge >= 0.3 is 6.03 Å². The van der Waals surface area contributed by atoms with Gasteiger partial charge in [-0.3, -0.25) is 4.79 Å². The summed E-state index contributed by atoms with van der Waals surface area (Å²) in [5.41, 5.74) is 3.15. The Labute approximate surface area is 149 Å². The van der Waals surface area contributed by atoms with E-state index in [1.807, 2.05) is 12.1 Å². The Morgan fingerprint density at radius 2 is 1.67 bits per heavy atom.